The van der Waals surface area contributed by atoms with E-state index in [1.54, 1.807) is 0 Å². The van der Waals surface area contributed by atoms with Crippen LogP contribution in [-0.2, 0) is 30.0 Å². The summed E-state index contributed by atoms with van der Waals surface area (Å²) in [7, 11) is 1.13. The normalized spacial score (nSPS) is 8.94. The molecule has 0 saturated heterocycles. The quantitative estimate of drug-likeness (QED) is 0.00648. The number of carbonyl (C=O) groups excluding carboxylic acids is 5. The summed E-state index contributed by atoms with van der Waals surface area (Å²) < 4.78 is 110. The van der Waals surface area contributed by atoms with E-state index in [9.17, 15) is 110 Å². The second kappa shape index (κ2) is 48.7. The van der Waals surface area contributed by atoms with Crippen LogP contribution in [0.5, 0.6) is 28.7 Å². The molecular weight excluding hydrogens is 1360 g/mol. The largest absolute Gasteiger partial charge is 0.502 e. The van der Waals surface area contributed by atoms with Gasteiger partial charge in [0.05, 0.1) is 54.7 Å². The molecule has 90 heavy (non-hydrogen) atoms. The number of halogens is 9. The molecule has 32 nitrogen and oxygen atoms in total. The van der Waals surface area contributed by atoms with Crippen molar-refractivity contribution in [3.05, 3.63) is 167 Å². The molecule has 0 radical (unpaired) electrons. The van der Waals surface area contributed by atoms with E-state index in [0.29, 0.717) is 0 Å². The predicted octanol–water partition coefficient (Wildman–Crippen LogP) is 9.55. The van der Waals surface area contributed by atoms with Crippen molar-refractivity contribution < 1.29 is 144 Å². The topological polar surface area (TPSA) is 569 Å². The summed E-state index contributed by atoms with van der Waals surface area (Å²) in [5.74, 6) is -10.5. The molecule has 0 unspecified atom stereocenters. The zero-order valence-electron chi connectivity index (χ0n) is 41.7. The minimum atomic E-state index is -4.11. The van der Waals surface area contributed by atoms with Gasteiger partial charge in [0.25, 0.3) is 23.6 Å². The first-order chi connectivity index (χ1) is 36.9. The number of nitro groups is 4. The molecule has 514 valence electrons. The molecule has 0 heterocycles. The first-order valence-corrected chi connectivity index (χ1v) is 20.1. The number of carboxylic acids is 1. The Labute approximate surface area is 524 Å². The molecule has 0 fully saturated rings. The van der Waals surface area contributed by atoms with E-state index in [1.165, 1.54) is 42.5 Å². The van der Waals surface area contributed by atoms with Gasteiger partial charge < -0.3 is 82.0 Å². The molecule has 5 rings (SSSR count). The first-order valence-electron chi connectivity index (χ1n) is 19.7. The third kappa shape index (κ3) is 34.1. The molecule has 0 aliphatic heterocycles. The fourth-order valence-corrected chi connectivity index (χ4v) is 4.95. The van der Waals surface area contributed by atoms with Crippen LogP contribution in [0.3, 0.4) is 0 Å². The number of phenolic OH excluding ortho intramolecular Hbond substituents is 1. The average molecular weight is 1430 g/mol. The molecule has 0 bridgehead atoms. The van der Waals surface area contributed by atoms with Gasteiger partial charge in [0.1, 0.15) is 5.56 Å². The number of nitrogen functional groups attached to an aromatic ring is 1. The van der Waals surface area contributed by atoms with Crippen LogP contribution in [0.25, 0.3) is 0 Å². The van der Waals surface area contributed by atoms with Crippen molar-refractivity contribution in [3.8, 4) is 28.7 Å². The van der Waals surface area contributed by atoms with Gasteiger partial charge in [0.15, 0.2) is 5.75 Å². The van der Waals surface area contributed by atoms with Crippen LogP contribution >= 0.6 is 11.6 Å². The van der Waals surface area contributed by atoms with Gasteiger partial charge in [-0.25, -0.2) is 9.59 Å². The Bertz CT molecular complexity index is 2950. The smallest absolute Gasteiger partial charge is 0.417 e. The Hall–Kier alpha value is -10.4. The van der Waals surface area contributed by atoms with Crippen molar-refractivity contribution in [2.45, 2.75) is 69.8 Å². The van der Waals surface area contributed by atoms with Crippen LogP contribution in [0.4, 0.5) is 63.6 Å². The summed E-state index contributed by atoms with van der Waals surface area (Å²) in [6, 6.07) is 17.5. The number of phenols is 2. The van der Waals surface area contributed by atoms with Crippen molar-refractivity contribution in [1.82, 2.24) is 6.15 Å². The van der Waals surface area contributed by atoms with E-state index in [2.05, 4.69) is 30.5 Å². The summed E-state index contributed by atoms with van der Waals surface area (Å²) in [5, 5.41) is 63.4. The van der Waals surface area contributed by atoms with Crippen molar-refractivity contribution in [3.63, 3.8) is 0 Å². The van der Waals surface area contributed by atoms with Crippen LogP contribution in [0.2, 0.25) is 0 Å². The monoisotopic (exact) mass is 1430 g/mol. The third-order valence-corrected chi connectivity index (χ3v) is 8.34. The molecule has 0 saturated carbocycles. The molecular formula is C48H66ClF8N10O22Pd-. The van der Waals surface area contributed by atoms with Gasteiger partial charge in [0.2, 0.25) is 23.0 Å². The number of alkyl halides is 9. The number of benzene rings is 5. The van der Waals surface area contributed by atoms with Crippen LogP contribution in [0.1, 0.15) is 96.3 Å². The minimum Gasteiger partial charge on any atom is -0.502 e. The first kappa shape index (κ1) is 105. The van der Waals surface area contributed by atoms with Gasteiger partial charge in [-0.1, -0.05) is 74.9 Å². The Morgan fingerprint density at radius 1 is 0.500 bits per heavy atom. The van der Waals surface area contributed by atoms with Crippen molar-refractivity contribution >= 4 is 75.6 Å². The fourth-order valence-electron chi connectivity index (χ4n) is 4.95. The molecule has 0 atom stereocenters. The second-order valence-electron chi connectivity index (χ2n) is 13.3. The van der Waals surface area contributed by atoms with E-state index in [4.69, 9.17) is 38.6 Å². The standard InChI is InChI=1S/2C8H6F2N2O4.C8H8F2N2O2.C8H7NO5.C7H6N2O4.C2HClF2O2.6CH4.CH3.H3N.H2O.Pd/c2*9-8(10)16-6-4(7(11)13)2-1-3-5(6)12(14)15;9-8(10)14-6-4(7(12)13)2-1-3-5(6)11;1-14-8(11)5-3-2-4-6(7(5)10)9(12)13;8-7(11)4-2-1-3-5(6(4)10)9(12)13;3-2(4,5)1(6)7;;;;;;;;;;/h2*1-3,8H,(H2,11,13);1-3,8H,11H2,(H2,12,13);2-4,10H,1H3;1-3,10H,(H2,8,11);(H,6,7);6*1H4;2*1H3;1H2;/q;;;;;;;;;;;;-1;;;. The molecule has 0 aliphatic carbocycles. The number of hydrogen-bond acceptors (Lipinski definition) is 22. The van der Waals surface area contributed by atoms with Crippen molar-refractivity contribution in [2.24, 2.45) is 22.9 Å². The van der Waals surface area contributed by atoms with Crippen LogP contribution in [0, 0.1) is 47.9 Å². The van der Waals surface area contributed by atoms with Gasteiger partial charge in [-0.3, -0.25) is 59.6 Å². The molecule has 5 aromatic carbocycles. The number of nitrogens with zero attached hydrogens (tertiary/aromatic N) is 4. The predicted molar refractivity (Wildman–Crippen MR) is 306 cm³/mol. The van der Waals surface area contributed by atoms with Gasteiger partial charge >= 0.3 is 59.9 Å². The number of nitrogens with two attached hydrogens (primary N) is 5. The van der Waals surface area contributed by atoms with E-state index in [0.717, 1.165) is 55.6 Å². The molecule has 0 aliphatic rings. The number of ether oxygens (including phenoxy) is 4. The number of anilines is 1. The summed E-state index contributed by atoms with van der Waals surface area (Å²) in [4.78, 5) is 102. The molecule has 4 amide bonds. The number of methoxy groups -OCH3 is 1. The zero-order valence-corrected chi connectivity index (χ0v) is 44.0. The number of amides is 4. The number of nitro benzene ring substituents is 4. The van der Waals surface area contributed by atoms with Crippen molar-refractivity contribution in [2.75, 3.05) is 12.8 Å². The maximum Gasteiger partial charge on any atom is 0.417 e. The number of para-hydroxylation sites is 5. The number of rotatable bonds is 16. The van der Waals surface area contributed by atoms with Gasteiger partial charge in [-0.05, 0) is 48.0 Å². The van der Waals surface area contributed by atoms with Gasteiger partial charge in [-0.2, -0.15) is 35.1 Å². The van der Waals surface area contributed by atoms with Crippen LogP contribution in [-0.4, -0.2) is 108 Å². The van der Waals surface area contributed by atoms with Gasteiger partial charge in [0, 0.05) is 44.7 Å². The van der Waals surface area contributed by atoms with Crippen molar-refractivity contribution in [1.29, 1.82) is 0 Å². The summed E-state index contributed by atoms with van der Waals surface area (Å²) >= 11 is 3.94. The number of aliphatic carboxylic acids is 1. The molecule has 5 aromatic rings. The maximum atomic E-state index is 12.0. The summed E-state index contributed by atoms with van der Waals surface area (Å²) in [6.45, 7) is -9.60. The number of carboxylic acid groups (broad SMARTS) is 1. The third-order valence-electron chi connectivity index (χ3n) is 8.18. The maximum absolute atomic E-state index is 12.0. The molecule has 0 aromatic heterocycles. The van der Waals surface area contributed by atoms with Crippen LogP contribution < -0.4 is 49.0 Å². The number of esters is 1. The molecule has 42 heteroatoms. The fraction of sp³-hybridized carbons (Fsp3) is 0.229. The minimum absolute atomic E-state index is 0. The van der Waals surface area contributed by atoms with E-state index in [-0.39, 0.29) is 112 Å². The van der Waals surface area contributed by atoms with E-state index >= 15 is 0 Å². The van der Waals surface area contributed by atoms with E-state index < -0.39 is 137 Å². The molecule has 0 spiro atoms. The Morgan fingerprint density at radius 2 is 0.722 bits per heavy atom. The Balaban J connectivity index is -0.0000000915. The Morgan fingerprint density at radius 3 is 0.967 bits per heavy atom. The Kier molecular flexibility index (Phi) is 56.6. The number of carbonyl (C=O) groups is 6. The number of aromatic hydroxyl groups is 2. The van der Waals surface area contributed by atoms with Crippen LogP contribution in [0.15, 0.2) is 91.0 Å². The second-order valence-corrected chi connectivity index (χ2v) is 13.8. The van der Waals surface area contributed by atoms with E-state index in [1.807, 2.05) is 0 Å². The zero-order chi connectivity index (χ0) is 62.1. The summed E-state index contributed by atoms with van der Waals surface area (Å²) in [6.07, 6.45) is 0. The van der Waals surface area contributed by atoms with Gasteiger partial charge in [-0.15, -0.1) is 0 Å². The average Bonchev–Trinajstić information content (AvgIpc) is 3.34. The number of hydrogen-bond donors (Lipinski definition) is 9. The summed E-state index contributed by atoms with van der Waals surface area (Å²) in [5.41, 5.74) is 20.7. The molecule has 18 N–H and O–H groups in total. The SMILES string of the molecule is C.C.C.C.C.C.COC(=O)c1cccc([N+](=O)[O-])c1O.N.NC(=O)c1cccc(N)c1OC(F)F.NC(=O)c1cccc([N+](=O)[O-])c1O.NC(=O)c1cccc([N+](=O)[O-])c1OC(F)F.NC(=O)c1cccc([N+](=O)[O-])c1OC(F)F.O.O=C(O)C(F)(F)Cl.[CH3-].[Pd]. The number of primary amides is 4.